The summed E-state index contributed by atoms with van der Waals surface area (Å²) in [5, 5.41) is 23.0. The van der Waals surface area contributed by atoms with Crippen molar-refractivity contribution in [1.29, 1.82) is 5.41 Å². The second-order valence-electron chi connectivity index (χ2n) is 2.70. The molecule has 13 heavy (non-hydrogen) atoms. The molecule has 0 aromatic carbocycles. The molecule has 0 heterocycles. The third-order valence-corrected chi connectivity index (χ3v) is 1.29. The Bertz CT molecular complexity index is 175. The molecule has 0 aliphatic heterocycles. The van der Waals surface area contributed by atoms with Crippen LogP contribution in [0.2, 0.25) is 0 Å². The van der Waals surface area contributed by atoms with Crippen molar-refractivity contribution in [2.75, 3.05) is 13.2 Å². The van der Waals surface area contributed by atoms with Gasteiger partial charge in [-0.15, -0.1) is 0 Å². The first-order valence-electron chi connectivity index (χ1n) is 3.41. The van der Waals surface area contributed by atoms with E-state index in [0.29, 0.717) is 0 Å². The zero-order valence-corrected chi connectivity index (χ0v) is 7.45. The summed E-state index contributed by atoms with van der Waals surface area (Å²) in [6.45, 7) is 0.562. The molecule has 78 valence electrons. The van der Waals surface area contributed by atoms with Crippen LogP contribution in [-0.2, 0) is 4.79 Å². The quantitative estimate of drug-likeness (QED) is 0.211. The SMILES string of the molecule is CC(CO)(CO)C(N)=O.N=C(N)N. The Kier molecular flexibility index (Phi) is 6.78. The Morgan fingerprint density at radius 3 is 1.54 bits per heavy atom. The number of primary amides is 1. The van der Waals surface area contributed by atoms with Gasteiger partial charge >= 0.3 is 0 Å². The highest BCUT2D eigenvalue weighted by molar-refractivity contribution is 5.80. The largest absolute Gasteiger partial charge is 0.395 e. The van der Waals surface area contributed by atoms with Crippen LogP contribution in [0.25, 0.3) is 0 Å². The summed E-state index contributed by atoms with van der Waals surface area (Å²) < 4.78 is 0. The maximum atomic E-state index is 10.4. The second kappa shape index (κ2) is 6.21. The molecule has 0 unspecified atom stereocenters. The van der Waals surface area contributed by atoms with Crippen LogP contribution in [0.15, 0.2) is 0 Å². The Morgan fingerprint density at radius 1 is 1.31 bits per heavy atom. The molecule has 0 bridgehead atoms. The standard InChI is InChI=1S/C5H11NO3.CH5N3/c1-5(2-7,3-8)4(6)9;2-1(3)4/h7-8H,2-3H2,1H3,(H2,6,9);(H5,2,3,4). The van der Waals surface area contributed by atoms with E-state index in [1.54, 1.807) is 0 Å². The van der Waals surface area contributed by atoms with Gasteiger partial charge in [-0.25, -0.2) is 0 Å². The molecule has 0 aromatic rings. The molecule has 1 amide bonds. The molecule has 0 fully saturated rings. The monoisotopic (exact) mass is 192 g/mol. The van der Waals surface area contributed by atoms with Gasteiger partial charge in [-0.3, -0.25) is 10.2 Å². The van der Waals surface area contributed by atoms with Crippen LogP contribution >= 0.6 is 0 Å². The van der Waals surface area contributed by atoms with Gasteiger partial charge in [0, 0.05) is 0 Å². The van der Waals surface area contributed by atoms with E-state index in [-0.39, 0.29) is 5.96 Å². The zero-order chi connectivity index (χ0) is 11.1. The number of guanidine groups is 1. The predicted octanol–water partition coefficient (Wildman–Crippen LogP) is -2.70. The lowest BCUT2D eigenvalue weighted by molar-refractivity contribution is -0.131. The molecule has 0 saturated heterocycles. The van der Waals surface area contributed by atoms with Gasteiger partial charge in [0.15, 0.2) is 5.96 Å². The van der Waals surface area contributed by atoms with Gasteiger partial charge < -0.3 is 27.4 Å². The average molecular weight is 192 g/mol. The minimum Gasteiger partial charge on any atom is -0.395 e. The number of amides is 1. The molecule has 0 rings (SSSR count). The highest BCUT2D eigenvalue weighted by Gasteiger charge is 2.28. The van der Waals surface area contributed by atoms with Crippen LogP contribution in [0.3, 0.4) is 0 Å². The van der Waals surface area contributed by atoms with Gasteiger partial charge in [-0.05, 0) is 6.92 Å². The van der Waals surface area contributed by atoms with E-state index in [1.165, 1.54) is 6.92 Å². The highest BCUT2D eigenvalue weighted by Crippen LogP contribution is 2.11. The first kappa shape index (κ1) is 14.2. The number of hydrogen-bond acceptors (Lipinski definition) is 4. The van der Waals surface area contributed by atoms with E-state index in [2.05, 4.69) is 11.5 Å². The number of hydrogen-bond donors (Lipinski definition) is 6. The molecule has 7 heteroatoms. The van der Waals surface area contributed by atoms with Crippen molar-refractivity contribution in [1.82, 2.24) is 0 Å². The van der Waals surface area contributed by atoms with E-state index >= 15 is 0 Å². The molecular formula is C6H16N4O3. The van der Waals surface area contributed by atoms with Crippen LogP contribution in [0.4, 0.5) is 0 Å². The number of rotatable bonds is 3. The topological polar surface area (TPSA) is 159 Å². The Balaban J connectivity index is 0. The number of carbonyl (C=O) groups is 1. The van der Waals surface area contributed by atoms with Crippen molar-refractivity contribution >= 4 is 11.9 Å². The summed E-state index contributed by atoms with van der Waals surface area (Å²) in [5.41, 5.74) is 12.6. The lowest BCUT2D eigenvalue weighted by Gasteiger charge is -2.18. The molecule has 0 atom stereocenters. The van der Waals surface area contributed by atoms with Crippen LogP contribution in [0.1, 0.15) is 6.92 Å². The van der Waals surface area contributed by atoms with Crippen molar-refractivity contribution in [3.05, 3.63) is 0 Å². The van der Waals surface area contributed by atoms with Crippen LogP contribution in [-0.4, -0.2) is 35.3 Å². The molecule has 0 saturated carbocycles. The van der Waals surface area contributed by atoms with Gasteiger partial charge in [0.05, 0.1) is 18.6 Å². The van der Waals surface area contributed by atoms with E-state index in [0.717, 1.165) is 0 Å². The van der Waals surface area contributed by atoms with Crippen LogP contribution in [0.5, 0.6) is 0 Å². The summed E-state index contributed by atoms with van der Waals surface area (Å²) >= 11 is 0. The number of nitrogens with one attached hydrogen (secondary N) is 1. The van der Waals surface area contributed by atoms with E-state index in [4.69, 9.17) is 21.4 Å². The fourth-order valence-corrected chi connectivity index (χ4v) is 0.206. The molecule has 0 radical (unpaired) electrons. The Hall–Kier alpha value is -1.34. The lowest BCUT2D eigenvalue weighted by atomic mass is 9.93. The average Bonchev–Trinajstić information content (AvgIpc) is 2.01. The number of aliphatic hydroxyl groups excluding tert-OH is 2. The highest BCUT2D eigenvalue weighted by atomic mass is 16.3. The van der Waals surface area contributed by atoms with Gasteiger partial charge in [0.1, 0.15) is 0 Å². The van der Waals surface area contributed by atoms with E-state index < -0.39 is 24.5 Å². The Labute approximate surface area is 76.0 Å². The molecule has 0 spiro atoms. The summed E-state index contributed by atoms with van der Waals surface area (Å²) in [7, 11) is 0. The second-order valence-corrected chi connectivity index (χ2v) is 2.70. The van der Waals surface area contributed by atoms with Crippen molar-refractivity contribution in [2.24, 2.45) is 22.6 Å². The number of aliphatic hydroxyl groups is 2. The van der Waals surface area contributed by atoms with Gasteiger partial charge in [-0.1, -0.05) is 0 Å². The molecule has 0 aliphatic rings. The van der Waals surface area contributed by atoms with Crippen LogP contribution < -0.4 is 17.2 Å². The summed E-state index contributed by atoms with van der Waals surface area (Å²) in [4.78, 5) is 10.4. The molecule has 0 aliphatic carbocycles. The van der Waals surface area contributed by atoms with Crippen molar-refractivity contribution < 1.29 is 15.0 Å². The first-order chi connectivity index (χ1) is 5.80. The first-order valence-corrected chi connectivity index (χ1v) is 3.41. The third kappa shape index (κ3) is 7.04. The third-order valence-electron chi connectivity index (χ3n) is 1.29. The fourth-order valence-electron chi connectivity index (χ4n) is 0.206. The maximum absolute atomic E-state index is 10.4. The molecular weight excluding hydrogens is 176 g/mol. The fraction of sp³-hybridized carbons (Fsp3) is 0.667. The maximum Gasteiger partial charge on any atom is 0.228 e. The van der Waals surface area contributed by atoms with E-state index in [1.807, 2.05) is 0 Å². The summed E-state index contributed by atoms with van der Waals surface area (Å²) in [5.74, 6) is -1.02. The molecule has 9 N–H and O–H groups in total. The van der Waals surface area contributed by atoms with Gasteiger partial charge in [0.25, 0.3) is 0 Å². The zero-order valence-electron chi connectivity index (χ0n) is 7.45. The Morgan fingerprint density at radius 2 is 1.54 bits per heavy atom. The van der Waals surface area contributed by atoms with Crippen molar-refractivity contribution in [3.8, 4) is 0 Å². The van der Waals surface area contributed by atoms with E-state index in [9.17, 15) is 4.79 Å². The molecule has 7 nitrogen and oxygen atoms in total. The lowest BCUT2D eigenvalue weighted by Crippen LogP contribution is -2.40. The van der Waals surface area contributed by atoms with Gasteiger partial charge in [-0.2, -0.15) is 0 Å². The molecule has 0 aromatic heterocycles. The van der Waals surface area contributed by atoms with Gasteiger partial charge in [0.2, 0.25) is 5.91 Å². The van der Waals surface area contributed by atoms with Crippen LogP contribution in [0, 0.1) is 10.8 Å². The smallest absolute Gasteiger partial charge is 0.228 e. The normalized spacial score (nSPS) is 9.77. The minimum atomic E-state index is -1.17. The number of carbonyl (C=O) groups excluding carboxylic acids is 1. The predicted molar refractivity (Wildman–Crippen MR) is 47.6 cm³/mol. The summed E-state index contributed by atoms with van der Waals surface area (Å²) in [6, 6.07) is 0. The number of nitrogens with two attached hydrogens (primary N) is 3. The summed E-state index contributed by atoms with van der Waals surface area (Å²) in [6.07, 6.45) is 0. The van der Waals surface area contributed by atoms with Crippen molar-refractivity contribution in [2.45, 2.75) is 6.92 Å². The van der Waals surface area contributed by atoms with Crippen molar-refractivity contribution in [3.63, 3.8) is 0 Å². The minimum absolute atomic E-state index is 0.333.